The van der Waals surface area contributed by atoms with Crippen LogP contribution in [-0.2, 0) is 17.8 Å². The lowest BCUT2D eigenvalue weighted by Gasteiger charge is -2.06. The molecule has 0 atom stereocenters. The molecule has 90 valence electrons. The third-order valence-corrected chi connectivity index (χ3v) is 2.95. The Morgan fingerprint density at radius 1 is 1.50 bits per heavy atom. The predicted octanol–water partition coefficient (Wildman–Crippen LogP) is 3.02. The molecule has 0 unspecified atom stereocenters. The number of nitrogens with zero attached hydrogens (tertiary/aromatic N) is 2. The minimum Gasteiger partial charge on any atom is -0.299 e. The van der Waals surface area contributed by atoms with Crippen LogP contribution >= 0.6 is 11.6 Å². The van der Waals surface area contributed by atoms with Gasteiger partial charge in [-0.25, -0.2) is 0 Å². The molecule has 0 fully saturated rings. The normalized spacial score (nSPS) is 11.1. The summed E-state index contributed by atoms with van der Waals surface area (Å²) in [4.78, 5) is 11.8. The maximum atomic E-state index is 11.8. The monoisotopic (exact) mass is 242 g/mol. The maximum Gasteiger partial charge on any atom is 0.139 e. The van der Waals surface area contributed by atoms with Crippen LogP contribution in [0.4, 0.5) is 0 Å². The maximum absolute atomic E-state index is 11.8. The molecule has 0 saturated carbocycles. The molecular weight excluding hydrogens is 224 g/mol. The predicted molar refractivity (Wildman–Crippen MR) is 65.8 cm³/mol. The van der Waals surface area contributed by atoms with Crippen LogP contribution in [0.15, 0.2) is 0 Å². The number of halogens is 1. The summed E-state index contributed by atoms with van der Waals surface area (Å²) in [5.74, 6) is 0.622. The van der Waals surface area contributed by atoms with E-state index in [1.807, 2.05) is 32.4 Å². The molecule has 0 aliphatic rings. The lowest BCUT2D eigenvalue weighted by atomic mass is 10.0. The molecule has 0 aliphatic heterocycles. The first-order valence-electron chi connectivity index (χ1n) is 5.69. The van der Waals surface area contributed by atoms with Crippen molar-refractivity contribution in [1.29, 1.82) is 0 Å². The zero-order valence-electron chi connectivity index (χ0n) is 10.4. The van der Waals surface area contributed by atoms with Crippen molar-refractivity contribution in [2.45, 2.75) is 47.1 Å². The number of carbonyl (C=O) groups excluding carboxylic acids is 1. The van der Waals surface area contributed by atoms with E-state index < -0.39 is 0 Å². The highest BCUT2D eigenvalue weighted by Crippen LogP contribution is 2.21. The molecule has 0 saturated heterocycles. The van der Waals surface area contributed by atoms with Gasteiger partial charge in [-0.1, -0.05) is 25.4 Å². The van der Waals surface area contributed by atoms with E-state index in [4.69, 9.17) is 11.6 Å². The molecule has 3 nitrogen and oxygen atoms in total. The Bertz CT molecular complexity index is 383. The Kier molecular flexibility index (Phi) is 4.54. The van der Waals surface area contributed by atoms with Crippen molar-refractivity contribution in [2.75, 3.05) is 0 Å². The third-order valence-electron chi connectivity index (χ3n) is 2.45. The van der Waals surface area contributed by atoms with Crippen molar-refractivity contribution in [3.8, 4) is 0 Å². The fourth-order valence-electron chi connectivity index (χ4n) is 1.75. The molecule has 0 amide bonds. The Hall–Kier alpha value is -0.830. The fourth-order valence-corrected chi connectivity index (χ4v) is 1.95. The van der Waals surface area contributed by atoms with Gasteiger partial charge in [-0.15, -0.1) is 0 Å². The van der Waals surface area contributed by atoms with E-state index in [0.29, 0.717) is 23.8 Å². The summed E-state index contributed by atoms with van der Waals surface area (Å²) >= 11 is 6.14. The lowest BCUT2D eigenvalue weighted by molar-refractivity contribution is -0.119. The first-order chi connectivity index (χ1) is 7.45. The van der Waals surface area contributed by atoms with E-state index in [9.17, 15) is 4.79 Å². The van der Waals surface area contributed by atoms with E-state index in [-0.39, 0.29) is 5.78 Å². The summed E-state index contributed by atoms with van der Waals surface area (Å²) in [6.07, 6.45) is 0.996. The Balaban J connectivity index is 2.83. The zero-order valence-corrected chi connectivity index (χ0v) is 11.1. The minimum atomic E-state index is 0.228. The Morgan fingerprint density at radius 2 is 2.12 bits per heavy atom. The van der Waals surface area contributed by atoms with Gasteiger partial charge in [0.15, 0.2) is 0 Å². The summed E-state index contributed by atoms with van der Waals surface area (Å²) in [5, 5.41) is 4.93. The van der Waals surface area contributed by atoms with Gasteiger partial charge < -0.3 is 0 Å². The molecule has 1 rings (SSSR count). The van der Waals surface area contributed by atoms with Crippen molar-refractivity contribution in [2.24, 2.45) is 5.92 Å². The molecule has 4 heteroatoms. The van der Waals surface area contributed by atoms with Crippen molar-refractivity contribution < 1.29 is 4.79 Å². The van der Waals surface area contributed by atoms with Crippen LogP contribution in [-0.4, -0.2) is 15.6 Å². The Labute approximate surface area is 102 Å². The first kappa shape index (κ1) is 13.2. The van der Waals surface area contributed by atoms with Gasteiger partial charge in [-0.05, 0) is 19.8 Å². The summed E-state index contributed by atoms with van der Waals surface area (Å²) < 4.78 is 1.82. The van der Waals surface area contributed by atoms with E-state index in [2.05, 4.69) is 5.10 Å². The fraction of sp³-hybridized carbons (Fsp3) is 0.667. The van der Waals surface area contributed by atoms with Crippen molar-refractivity contribution in [3.05, 3.63) is 16.4 Å². The summed E-state index contributed by atoms with van der Waals surface area (Å²) in [6, 6.07) is 0. The van der Waals surface area contributed by atoms with E-state index in [0.717, 1.165) is 17.9 Å². The molecule has 0 bridgehead atoms. The number of hydrogen-bond donors (Lipinski definition) is 0. The molecule has 1 aromatic heterocycles. The van der Waals surface area contributed by atoms with Crippen LogP contribution in [0.2, 0.25) is 5.02 Å². The van der Waals surface area contributed by atoms with Crippen LogP contribution in [0, 0.1) is 12.8 Å². The van der Waals surface area contributed by atoms with Crippen LogP contribution in [0.1, 0.15) is 38.6 Å². The summed E-state index contributed by atoms with van der Waals surface area (Å²) in [6.45, 7) is 8.70. The van der Waals surface area contributed by atoms with Gasteiger partial charge in [0.2, 0.25) is 0 Å². The lowest BCUT2D eigenvalue weighted by Crippen LogP contribution is -2.11. The highest BCUT2D eigenvalue weighted by atomic mass is 35.5. The number of ketones is 1. The van der Waals surface area contributed by atoms with Gasteiger partial charge in [0.1, 0.15) is 5.78 Å². The van der Waals surface area contributed by atoms with Crippen LogP contribution in [0.3, 0.4) is 0 Å². The van der Waals surface area contributed by atoms with Gasteiger partial charge in [-0.2, -0.15) is 5.10 Å². The number of rotatable bonds is 5. The molecular formula is C12H19ClN2O. The topological polar surface area (TPSA) is 34.9 Å². The Morgan fingerprint density at radius 3 is 2.62 bits per heavy atom. The average molecular weight is 243 g/mol. The van der Waals surface area contributed by atoms with Crippen molar-refractivity contribution in [1.82, 2.24) is 9.78 Å². The first-order valence-corrected chi connectivity index (χ1v) is 6.07. The van der Waals surface area contributed by atoms with Gasteiger partial charge in [-0.3, -0.25) is 9.48 Å². The highest BCUT2D eigenvalue weighted by molar-refractivity contribution is 6.32. The summed E-state index contributed by atoms with van der Waals surface area (Å²) in [5.41, 5.74) is 1.66. The second-order valence-electron chi connectivity index (χ2n) is 4.48. The molecule has 0 aromatic carbocycles. The third kappa shape index (κ3) is 3.08. The quantitative estimate of drug-likeness (QED) is 0.796. The second kappa shape index (κ2) is 5.48. The van der Waals surface area contributed by atoms with Crippen LogP contribution in [0.5, 0.6) is 0 Å². The summed E-state index contributed by atoms with van der Waals surface area (Å²) in [7, 11) is 0. The number of aryl methyl sites for hydroxylation is 2. The van der Waals surface area contributed by atoms with Crippen LogP contribution in [0.25, 0.3) is 0 Å². The second-order valence-corrected chi connectivity index (χ2v) is 4.85. The number of carbonyl (C=O) groups is 1. The van der Waals surface area contributed by atoms with E-state index in [1.165, 1.54) is 0 Å². The number of hydrogen-bond acceptors (Lipinski definition) is 2. The molecule has 0 spiro atoms. The average Bonchev–Trinajstić information content (AvgIpc) is 2.44. The van der Waals surface area contributed by atoms with Gasteiger partial charge in [0.25, 0.3) is 0 Å². The smallest absolute Gasteiger partial charge is 0.139 e. The highest BCUT2D eigenvalue weighted by Gasteiger charge is 2.16. The zero-order chi connectivity index (χ0) is 12.3. The molecule has 0 aliphatic carbocycles. The van der Waals surface area contributed by atoms with E-state index >= 15 is 0 Å². The molecule has 0 radical (unpaired) electrons. The largest absolute Gasteiger partial charge is 0.299 e. The molecule has 16 heavy (non-hydrogen) atoms. The molecule has 0 N–H and O–H groups in total. The van der Waals surface area contributed by atoms with Gasteiger partial charge >= 0.3 is 0 Å². The number of Topliss-reactive ketones (excluding diaryl/α,β-unsaturated/α-hetero) is 1. The SMILES string of the molecule is CCn1nc(C)c(Cl)c1CC(=O)CC(C)C. The van der Waals surface area contributed by atoms with Gasteiger partial charge in [0.05, 0.1) is 16.4 Å². The molecule has 1 aromatic rings. The minimum absolute atomic E-state index is 0.228. The standard InChI is InChI=1S/C12H19ClN2O/c1-5-15-11(12(13)9(4)14-15)7-10(16)6-8(2)3/h8H,5-7H2,1-4H3. The van der Waals surface area contributed by atoms with Crippen molar-refractivity contribution >= 4 is 17.4 Å². The molecule has 1 heterocycles. The van der Waals surface area contributed by atoms with E-state index in [1.54, 1.807) is 0 Å². The number of aromatic nitrogens is 2. The van der Waals surface area contributed by atoms with Gasteiger partial charge in [0, 0.05) is 19.4 Å². The van der Waals surface area contributed by atoms with Crippen molar-refractivity contribution in [3.63, 3.8) is 0 Å². The van der Waals surface area contributed by atoms with Crippen LogP contribution < -0.4 is 0 Å².